The SMILES string of the molecule is O=C(Nc1ncc(CCCN2C(=O)c3ccccc3C2=O)s1)c1ccc(Cl)cc1. The first-order chi connectivity index (χ1) is 14.0. The van der Waals surface area contributed by atoms with Gasteiger partial charge in [0.1, 0.15) is 0 Å². The Labute approximate surface area is 176 Å². The lowest BCUT2D eigenvalue weighted by molar-refractivity contribution is 0.0652. The molecule has 0 radical (unpaired) electrons. The molecule has 0 aliphatic carbocycles. The van der Waals surface area contributed by atoms with Crippen LogP contribution in [0.4, 0.5) is 5.13 Å². The van der Waals surface area contributed by atoms with Crippen molar-refractivity contribution < 1.29 is 14.4 Å². The number of aromatic nitrogens is 1. The normalized spacial score (nSPS) is 12.9. The summed E-state index contributed by atoms with van der Waals surface area (Å²) in [5, 5.41) is 3.83. The molecule has 29 heavy (non-hydrogen) atoms. The largest absolute Gasteiger partial charge is 0.298 e. The summed E-state index contributed by atoms with van der Waals surface area (Å²) < 4.78 is 0. The van der Waals surface area contributed by atoms with Gasteiger partial charge in [0.05, 0.1) is 11.1 Å². The summed E-state index contributed by atoms with van der Waals surface area (Å²) in [7, 11) is 0. The molecule has 3 amide bonds. The van der Waals surface area contributed by atoms with Crippen molar-refractivity contribution in [3.63, 3.8) is 0 Å². The van der Waals surface area contributed by atoms with E-state index in [1.54, 1.807) is 54.7 Å². The van der Waals surface area contributed by atoms with Gasteiger partial charge in [-0.15, -0.1) is 11.3 Å². The molecule has 0 spiro atoms. The van der Waals surface area contributed by atoms with E-state index in [0.717, 1.165) is 4.88 Å². The van der Waals surface area contributed by atoms with Gasteiger partial charge in [-0.1, -0.05) is 23.7 Å². The molecule has 0 saturated carbocycles. The van der Waals surface area contributed by atoms with Crippen molar-refractivity contribution >= 4 is 45.8 Å². The van der Waals surface area contributed by atoms with Crippen LogP contribution in [-0.2, 0) is 6.42 Å². The van der Waals surface area contributed by atoms with Crippen LogP contribution in [0.2, 0.25) is 5.02 Å². The molecule has 6 nitrogen and oxygen atoms in total. The van der Waals surface area contributed by atoms with Gasteiger partial charge in [0.25, 0.3) is 17.7 Å². The molecular weight excluding hydrogens is 410 g/mol. The van der Waals surface area contributed by atoms with E-state index in [9.17, 15) is 14.4 Å². The Balaban J connectivity index is 1.31. The van der Waals surface area contributed by atoms with Crippen molar-refractivity contribution in [2.75, 3.05) is 11.9 Å². The van der Waals surface area contributed by atoms with E-state index < -0.39 is 0 Å². The number of thiazole rings is 1. The number of rotatable bonds is 6. The molecule has 0 bridgehead atoms. The van der Waals surface area contributed by atoms with Crippen LogP contribution < -0.4 is 5.32 Å². The molecule has 0 saturated heterocycles. The van der Waals surface area contributed by atoms with E-state index in [4.69, 9.17) is 11.6 Å². The first-order valence-electron chi connectivity index (χ1n) is 9.00. The number of nitrogens with one attached hydrogen (secondary N) is 1. The molecule has 1 N–H and O–H groups in total. The van der Waals surface area contributed by atoms with Crippen LogP contribution in [-0.4, -0.2) is 34.2 Å². The number of benzene rings is 2. The lowest BCUT2D eigenvalue weighted by atomic mass is 10.1. The highest BCUT2D eigenvalue weighted by molar-refractivity contribution is 7.15. The lowest BCUT2D eigenvalue weighted by Gasteiger charge is -2.12. The number of hydrogen-bond donors (Lipinski definition) is 1. The molecule has 1 aromatic heterocycles. The second-order valence-corrected chi connectivity index (χ2v) is 8.06. The monoisotopic (exact) mass is 425 g/mol. The number of aryl methyl sites for hydroxylation is 1. The Morgan fingerprint density at radius 1 is 1.03 bits per heavy atom. The second kappa shape index (κ2) is 8.14. The number of amides is 3. The lowest BCUT2D eigenvalue weighted by Crippen LogP contribution is -2.30. The molecule has 1 aliphatic rings. The molecule has 0 unspecified atom stereocenters. The van der Waals surface area contributed by atoms with Crippen LogP contribution in [0, 0.1) is 0 Å². The zero-order chi connectivity index (χ0) is 20.4. The van der Waals surface area contributed by atoms with Crippen molar-refractivity contribution in [3.8, 4) is 0 Å². The van der Waals surface area contributed by atoms with E-state index in [1.807, 2.05) is 0 Å². The molecule has 1 aliphatic heterocycles. The standard InChI is InChI=1S/C21H16ClN3O3S/c22-14-9-7-13(8-10-14)18(26)24-21-23-12-15(29-21)4-3-11-25-19(27)16-5-1-2-6-17(16)20(25)28/h1-2,5-10,12H,3-4,11H2,(H,23,24,26). The highest BCUT2D eigenvalue weighted by Crippen LogP contribution is 2.24. The fourth-order valence-corrected chi connectivity index (χ4v) is 4.08. The maximum atomic E-state index is 12.4. The number of halogens is 1. The predicted octanol–water partition coefficient (Wildman–Crippen LogP) is 4.28. The van der Waals surface area contributed by atoms with Crippen LogP contribution >= 0.6 is 22.9 Å². The van der Waals surface area contributed by atoms with Gasteiger partial charge in [0, 0.05) is 28.2 Å². The summed E-state index contributed by atoms with van der Waals surface area (Å²) in [6.07, 6.45) is 2.98. The van der Waals surface area contributed by atoms with Gasteiger partial charge >= 0.3 is 0 Å². The van der Waals surface area contributed by atoms with Gasteiger partial charge in [-0.25, -0.2) is 4.98 Å². The summed E-state index contributed by atoms with van der Waals surface area (Å²) in [5.41, 5.74) is 1.42. The maximum absolute atomic E-state index is 12.4. The van der Waals surface area contributed by atoms with Crippen molar-refractivity contribution in [2.45, 2.75) is 12.8 Å². The van der Waals surface area contributed by atoms with Crippen LogP contribution in [0.15, 0.2) is 54.7 Å². The van der Waals surface area contributed by atoms with Gasteiger partial charge in [-0.05, 0) is 49.2 Å². The zero-order valence-electron chi connectivity index (χ0n) is 15.2. The minimum absolute atomic E-state index is 0.245. The summed E-state index contributed by atoms with van der Waals surface area (Å²) in [6.45, 7) is 0.344. The van der Waals surface area contributed by atoms with Crippen molar-refractivity contribution in [1.29, 1.82) is 0 Å². The van der Waals surface area contributed by atoms with Crippen molar-refractivity contribution in [3.05, 3.63) is 81.3 Å². The number of carbonyl (C=O) groups excluding carboxylic acids is 3. The van der Waals surface area contributed by atoms with E-state index in [1.165, 1.54) is 16.2 Å². The fourth-order valence-electron chi connectivity index (χ4n) is 3.11. The maximum Gasteiger partial charge on any atom is 0.261 e. The molecule has 0 atom stereocenters. The van der Waals surface area contributed by atoms with Crippen LogP contribution in [0.1, 0.15) is 42.4 Å². The number of anilines is 1. The topological polar surface area (TPSA) is 79.4 Å². The number of imide groups is 1. The Kier molecular flexibility index (Phi) is 5.42. The Morgan fingerprint density at radius 2 is 1.69 bits per heavy atom. The molecule has 8 heteroatoms. The van der Waals surface area contributed by atoms with E-state index in [2.05, 4.69) is 10.3 Å². The zero-order valence-corrected chi connectivity index (χ0v) is 16.8. The van der Waals surface area contributed by atoms with Gasteiger partial charge < -0.3 is 0 Å². The van der Waals surface area contributed by atoms with Crippen LogP contribution in [0.5, 0.6) is 0 Å². The number of carbonyl (C=O) groups is 3. The first kappa shape index (κ1) is 19.3. The molecule has 4 rings (SSSR count). The third-order valence-electron chi connectivity index (χ3n) is 4.56. The highest BCUT2D eigenvalue weighted by atomic mass is 35.5. The third kappa shape index (κ3) is 4.06. The summed E-state index contributed by atoms with van der Waals surface area (Å²) in [5.74, 6) is -0.745. The Bertz CT molecular complexity index is 1060. The number of hydrogen-bond acceptors (Lipinski definition) is 5. The third-order valence-corrected chi connectivity index (χ3v) is 5.79. The minimum atomic E-state index is -0.256. The highest BCUT2D eigenvalue weighted by Gasteiger charge is 2.34. The molecule has 2 heterocycles. The number of nitrogens with zero attached hydrogens (tertiary/aromatic N) is 2. The number of fused-ring (bicyclic) bond motifs is 1. The molecule has 2 aromatic carbocycles. The van der Waals surface area contributed by atoms with Crippen molar-refractivity contribution in [2.24, 2.45) is 0 Å². The van der Waals surface area contributed by atoms with Gasteiger partial charge in [0.2, 0.25) is 0 Å². The first-order valence-corrected chi connectivity index (χ1v) is 10.2. The molecule has 0 fully saturated rings. The smallest absolute Gasteiger partial charge is 0.261 e. The summed E-state index contributed by atoms with van der Waals surface area (Å²) >= 11 is 7.21. The van der Waals surface area contributed by atoms with E-state index in [-0.39, 0.29) is 17.7 Å². The second-order valence-electron chi connectivity index (χ2n) is 6.50. The fraction of sp³-hybridized carbons (Fsp3) is 0.143. The Morgan fingerprint density at radius 3 is 2.34 bits per heavy atom. The Hall–Kier alpha value is -3.03. The quantitative estimate of drug-likeness (QED) is 0.598. The van der Waals surface area contributed by atoms with Gasteiger partial charge in [0.15, 0.2) is 5.13 Å². The molecular formula is C21H16ClN3O3S. The summed E-state index contributed by atoms with van der Waals surface area (Å²) in [4.78, 5) is 43.5. The molecule has 3 aromatic rings. The molecule has 146 valence electrons. The van der Waals surface area contributed by atoms with Crippen LogP contribution in [0.3, 0.4) is 0 Å². The summed E-state index contributed by atoms with van der Waals surface area (Å²) in [6, 6.07) is 13.5. The van der Waals surface area contributed by atoms with E-state index >= 15 is 0 Å². The predicted molar refractivity (Wildman–Crippen MR) is 112 cm³/mol. The average molecular weight is 426 g/mol. The van der Waals surface area contributed by atoms with Crippen molar-refractivity contribution in [1.82, 2.24) is 9.88 Å². The van der Waals surface area contributed by atoms with Gasteiger partial charge in [-0.2, -0.15) is 0 Å². The average Bonchev–Trinajstić information content (AvgIpc) is 3.26. The van der Waals surface area contributed by atoms with Gasteiger partial charge in [-0.3, -0.25) is 24.6 Å². The van der Waals surface area contributed by atoms with Crippen LogP contribution in [0.25, 0.3) is 0 Å². The minimum Gasteiger partial charge on any atom is -0.298 e. The van der Waals surface area contributed by atoms with E-state index in [0.29, 0.717) is 46.2 Å².